The summed E-state index contributed by atoms with van der Waals surface area (Å²) >= 11 is 4.84. The van der Waals surface area contributed by atoms with Crippen molar-refractivity contribution >= 4 is 39.1 Å². The molecule has 0 saturated carbocycles. The molecule has 1 aliphatic rings. The first-order chi connectivity index (χ1) is 6.66. The van der Waals surface area contributed by atoms with Crippen molar-refractivity contribution in [3.63, 3.8) is 0 Å². The number of amides is 2. The summed E-state index contributed by atoms with van der Waals surface area (Å²) in [4.78, 5) is 22.3. The number of hydrogen-bond donors (Lipinski definition) is 2. The van der Waals surface area contributed by atoms with Crippen LogP contribution in [0.25, 0.3) is 0 Å². The van der Waals surface area contributed by atoms with Gasteiger partial charge in [-0.15, -0.1) is 11.3 Å². The molecule has 2 amide bonds. The normalized spacial score (nSPS) is 22.2. The third kappa shape index (κ3) is 1.87. The number of imide groups is 1. The maximum atomic E-state index is 11.4. The van der Waals surface area contributed by atoms with Crippen LogP contribution in [0.4, 0.5) is 0 Å². The first-order valence-corrected chi connectivity index (χ1v) is 5.65. The van der Waals surface area contributed by atoms with Crippen molar-refractivity contribution in [1.82, 2.24) is 10.6 Å². The number of piperazine rings is 1. The van der Waals surface area contributed by atoms with Gasteiger partial charge in [-0.1, -0.05) is 0 Å². The van der Waals surface area contributed by atoms with E-state index in [2.05, 4.69) is 26.6 Å². The van der Waals surface area contributed by atoms with Crippen LogP contribution in [0.3, 0.4) is 0 Å². The molecule has 4 nitrogen and oxygen atoms in total. The average Bonchev–Trinajstić information content (AvgIpc) is 2.51. The number of hydrogen-bond acceptors (Lipinski definition) is 4. The van der Waals surface area contributed by atoms with E-state index < -0.39 is 6.04 Å². The summed E-state index contributed by atoms with van der Waals surface area (Å²) in [5.41, 5.74) is 0.881. The van der Waals surface area contributed by atoms with E-state index in [1.165, 1.54) is 11.3 Å². The van der Waals surface area contributed by atoms with Gasteiger partial charge in [0.25, 0.3) is 0 Å². The topological polar surface area (TPSA) is 58.2 Å². The Kier molecular flexibility index (Phi) is 2.66. The zero-order valence-electron chi connectivity index (χ0n) is 7.04. The minimum absolute atomic E-state index is 0.184. The number of carbonyl (C=O) groups is 2. The van der Waals surface area contributed by atoms with Gasteiger partial charge in [0.2, 0.25) is 11.8 Å². The molecule has 1 aliphatic heterocycles. The number of carbonyl (C=O) groups excluding carboxylic acids is 2. The Labute approximate surface area is 92.8 Å². The highest BCUT2D eigenvalue weighted by Gasteiger charge is 2.27. The smallest absolute Gasteiger partial charge is 0.248 e. The molecule has 0 bridgehead atoms. The van der Waals surface area contributed by atoms with Gasteiger partial charge in [0.05, 0.1) is 10.3 Å². The Morgan fingerprint density at radius 1 is 1.50 bits per heavy atom. The van der Waals surface area contributed by atoms with Crippen molar-refractivity contribution in [3.8, 4) is 0 Å². The molecule has 6 heteroatoms. The third-order valence-electron chi connectivity index (χ3n) is 1.91. The molecule has 1 aromatic heterocycles. The van der Waals surface area contributed by atoms with E-state index in [1.54, 1.807) is 0 Å². The fourth-order valence-electron chi connectivity index (χ4n) is 1.29. The van der Waals surface area contributed by atoms with Crippen molar-refractivity contribution in [1.29, 1.82) is 0 Å². The monoisotopic (exact) mass is 274 g/mol. The zero-order valence-corrected chi connectivity index (χ0v) is 9.44. The number of halogens is 1. The van der Waals surface area contributed by atoms with E-state index in [-0.39, 0.29) is 18.4 Å². The quantitative estimate of drug-likeness (QED) is 0.745. The summed E-state index contributed by atoms with van der Waals surface area (Å²) in [6.07, 6.45) is 0. The van der Waals surface area contributed by atoms with Crippen LogP contribution >= 0.6 is 27.3 Å². The molecule has 0 radical (unpaired) electrons. The summed E-state index contributed by atoms with van der Waals surface area (Å²) in [7, 11) is 0. The van der Waals surface area contributed by atoms with Gasteiger partial charge in [-0.25, -0.2) is 0 Å². The lowest BCUT2D eigenvalue weighted by molar-refractivity contribution is -0.134. The predicted molar refractivity (Wildman–Crippen MR) is 55.9 cm³/mol. The van der Waals surface area contributed by atoms with Gasteiger partial charge >= 0.3 is 0 Å². The second kappa shape index (κ2) is 3.80. The molecule has 0 aliphatic carbocycles. The van der Waals surface area contributed by atoms with Crippen LogP contribution < -0.4 is 10.6 Å². The molecule has 1 atom stereocenters. The Bertz CT molecular complexity index is 390. The largest absolute Gasteiger partial charge is 0.294 e. The second-order valence-electron chi connectivity index (χ2n) is 2.91. The molecule has 0 spiro atoms. The zero-order chi connectivity index (χ0) is 10.1. The van der Waals surface area contributed by atoms with Crippen LogP contribution in [0.5, 0.6) is 0 Å². The summed E-state index contributed by atoms with van der Waals surface area (Å²) in [6, 6.07) is 1.47. The van der Waals surface area contributed by atoms with Crippen molar-refractivity contribution in [2.75, 3.05) is 6.54 Å². The minimum Gasteiger partial charge on any atom is -0.294 e. The fourth-order valence-corrected chi connectivity index (χ4v) is 2.49. The molecule has 0 aromatic carbocycles. The van der Waals surface area contributed by atoms with E-state index >= 15 is 0 Å². The summed E-state index contributed by atoms with van der Waals surface area (Å²) in [5, 5.41) is 7.04. The molecule has 1 unspecified atom stereocenters. The van der Waals surface area contributed by atoms with Gasteiger partial charge in [-0.2, -0.15) is 0 Å². The van der Waals surface area contributed by atoms with Crippen LogP contribution in [0.2, 0.25) is 0 Å². The Balaban J connectivity index is 2.19. The lowest BCUT2D eigenvalue weighted by Gasteiger charge is -2.21. The highest BCUT2D eigenvalue weighted by atomic mass is 79.9. The highest BCUT2D eigenvalue weighted by molar-refractivity contribution is 9.11. The lowest BCUT2D eigenvalue weighted by Crippen LogP contribution is -2.50. The first-order valence-electron chi connectivity index (χ1n) is 3.98. The number of nitrogens with one attached hydrogen (secondary N) is 2. The van der Waals surface area contributed by atoms with Crippen molar-refractivity contribution in [3.05, 3.63) is 20.8 Å². The van der Waals surface area contributed by atoms with Crippen LogP contribution in [0, 0.1) is 0 Å². The molecule has 1 fully saturated rings. The van der Waals surface area contributed by atoms with Gasteiger partial charge in [-0.3, -0.25) is 20.2 Å². The molecule has 1 aromatic rings. The molecule has 74 valence electrons. The van der Waals surface area contributed by atoms with Crippen molar-refractivity contribution < 1.29 is 9.59 Å². The Hall–Kier alpha value is -0.720. The van der Waals surface area contributed by atoms with E-state index in [9.17, 15) is 9.59 Å². The third-order valence-corrected chi connectivity index (χ3v) is 3.44. The summed E-state index contributed by atoms with van der Waals surface area (Å²) < 4.78 is 0.971. The lowest BCUT2D eigenvalue weighted by atomic mass is 10.1. The average molecular weight is 275 g/mol. The Morgan fingerprint density at radius 3 is 2.86 bits per heavy atom. The second-order valence-corrected chi connectivity index (χ2v) is 5.20. The van der Waals surface area contributed by atoms with Crippen LogP contribution in [0.1, 0.15) is 11.6 Å². The number of rotatable bonds is 1. The molecule has 2 heterocycles. The molecule has 14 heavy (non-hydrogen) atoms. The summed E-state index contributed by atoms with van der Waals surface area (Å²) in [5.74, 6) is -0.563. The molecular weight excluding hydrogens is 268 g/mol. The van der Waals surface area contributed by atoms with E-state index in [1.807, 2.05) is 11.4 Å². The van der Waals surface area contributed by atoms with E-state index in [4.69, 9.17) is 0 Å². The molecule has 1 saturated heterocycles. The SMILES string of the molecule is O=C1CNC(c2csc(Br)c2)C(=O)N1. The predicted octanol–water partition coefficient (Wildman–Crippen LogP) is 0.798. The molecular formula is C8H7BrN2O2S. The molecule has 2 rings (SSSR count). The van der Waals surface area contributed by atoms with Crippen LogP contribution in [-0.2, 0) is 9.59 Å². The van der Waals surface area contributed by atoms with Crippen LogP contribution in [0.15, 0.2) is 15.2 Å². The van der Waals surface area contributed by atoms with Crippen molar-refractivity contribution in [2.45, 2.75) is 6.04 Å². The minimum atomic E-state index is -0.407. The van der Waals surface area contributed by atoms with Gasteiger partial charge in [0.1, 0.15) is 6.04 Å². The maximum absolute atomic E-state index is 11.4. The van der Waals surface area contributed by atoms with Gasteiger partial charge < -0.3 is 0 Å². The standard InChI is InChI=1S/C8H7BrN2O2S/c9-5-1-4(3-14-5)7-8(13)11-6(12)2-10-7/h1,3,7,10H,2H2,(H,11,12,13). The van der Waals surface area contributed by atoms with Gasteiger partial charge in [-0.05, 0) is 32.9 Å². The molecule has 2 N–H and O–H groups in total. The van der Waals surface area contributed by atoms with E-state index in [0.717, 1.165) is 9.35 Å². The number of thiophene rings is 1. The van der Waals surface area contributed by atoms with Crippen molar-refractivity contribution in [2.24, 2.45) is 0 Å². The maximum Gasteiger partial charge on any atom is 0.248 e. The van der Waals surface area contributed by atoms with Gasteiger partial charge in [0.15, 0.2) is 0 Å². The summed E-state index contributed by atoms with van der Waals surface area (Å²) in [6.45, 7) is 0.184. The van der Waals surface area contributed by atoms with Gasteiger partial charge in [0, 0.05) is 0 Å². The van der Waals surface area contributed by atoms with E-state index in [0.29, 0.717) is 0 Å². The fraction of sp³-hybridized carbons (Fsp3) is 0.250. The highest BCUT2D eigenvalue weighted by Crippen LogP contribution is 2.25. The Morgan fingerprint density at radius 2 is 2.29 bits per heavy atom. The van der Waals surface area contributed by atoms with Crippen LogP contribution in [-0.4, -0.2) is 18.4 Å². The first kappa shape index (κ1) is 9.82.